The van der Waals surface area contributed by atoms with Gasteiger partial charge in [0.2, 0.25) is 0 Å². The van der Waals surface area contributed by atoms with E-state index < -0.39 is 0 Å². The van der Waals surface area contributed by atoms with Gasteiger partial charge in [0.1, 0.15) is 6.11 Å². The van der Waals surface area contributed by atoms with Gasteiger partial charge in [-0.3, -0.25) is 0 Å². The normalized spacial score (nSPS) is 18.4. The van der Waals surface area contributed by atoms with Gasteiger partial charge in [-0.1, -0.05) is 45.4 Å². The van der Waals surface area contributed by atoms with Crippen LogP contribution < -0.4 is 0 Å². The third-order valence-corrected chi connectivity index (χ3v) is 2.49. The minimum absolute atomic E-state index is 0.274. The second-order valence-corrected chi connectivity index (χ2v) is 3.76. The van der Waals surface area contributed by atoms with E-state index >= 15 is 0 Å². The molecule has 0 fully saturated rings. The fraction of sp³-hybridized carbons (Fsp3) is 0.833. The molecule has 1 rings (SSSR count). The zero-order chi connectivity index (χ0) is 9.36. The molecule has 0 saturated heterocycles. The zero-order valence-corrected chi connectivity index (χ0v) is 8.64. The van der Waals surface area contributed by atoms with Crippen LogP contribution in [-0.2, 0) is 4.74 Å². The highest BCUT2D eigenvalue weighted by Gasteiger charge is 2.09. The summed E-state index contributed by atoms with van der Waals surface area (Å²) in [5.41, 5.74) is 0. The zero-order valence-electron chi connectivity index (χ0n) is 8.64. The summed E-state index contributed by atoms with van der Waals surface area (Å²) in [5.74, 6) is 2.98. The van der Waals surface area contributed by atoms with Crippen molar-refractivity contribution in [1.29, 1.82) is 0 Å². The van der Waals surface area contributed by atoms with E-state index in [1.807, 2.05) is 0 Å². The van der Waals surface area contributed by atoms with Gasteiger partial charge in [0.05, 0.1) is 0 Å². The predicted octanol–water partition coefficient (Wildman–Crippen LogP) is 3.49. The van der Waals surface area contributed by atoms with Gasteiger partial charge in [0.15, 0.2) is 6.10 Å². The van der Waals surface area contributed by atoms with Gasteiger partial charge in [-0.05, 0) is 18.8 Å². The highest BCUT2D eigenvalue weighted by molar-refractivity contribution is 5.09. The summed E-state index contributed by atoms with van der Waals surface area (Å²) in [6.45, 7) is 2.26. The van der Waals surface area contributed by atoms with Crippen molar-refractivity contribution < 1.29 is 4.74 Å². The Morgan fingerprint density at radius 3 is 2.15 bits per heavy atom. The number of ether oxygens (including phenoxy) is 1. The van der Waals surface area contributed by atoms with Crippen LogP contribution in [0.4, 0.5) is 0 Å². The lowest BCUT2D eigenvalue weighted by molar-refractivity contribution is 0.175. The molecule has 0 spiro atoms. The Labute approximate surface area is 81.9 Å². The maximum Gasteiger partial charge on any atom is 0.174 e. The topological polar surface area (TPSA) is 9.23 Å². The van der Waals surface area contributed by atoms with Crippen LogP contribution in [0.5, 0.6) is 0 Å². The maximum absolute atomic E-state index is 5.01. The monoisotopic (exact) mass is 180 g/mol. The molecule has 1 unspecified atom stereocenters. The molecule has 0 amide bonds. The minimum Gasteiger partial charge on any atom is -0.430 e. The Morgan fingerprint density at radius 2 is 1.62 bits per heavy atom. The molecule has 1 atom stereocenters. The quantitative estimate of drug-likeness (QED) is 0.410. The molecule has 1 heterocycles. The van der Waals surface area contributed by atoms with E-state index in [1.165, 1.54) is 44.9 Å². The van der Waals surface area contributed by atoms with Gasteiger partial charge >= 0.3 is 0 Å². The molecule has 1 nitrogen and oxygen atoms in total. The first-order valence-corrected chi connectivity index (χ1v) is 5.59. The molecule has 13 heavy (non-hydrogen) atoms. The average Bonchev–Trinajstić information content (AvgIpc) is 2.07. The molecule has 74 valence electrons. The summed E-state index contributed by atoms with van der Waals surface area (Å²) in [4.78, 5) is 0. The van der Waals surface area contributed by atoms with E-state index in [4.69, 9.17) is 4.74 Å². The minimum atomic E-state index is 0.274. The SMILES string of the molecule is CCCCCCCCCC1C#CO1. The molecule has 0 aromatic carbocycles. The summed E-state index contributed by atoms with van der Waals surface area (Å²) in [7, 11) is 0. The molecule has 0 aliphatic carbocycles. The van der Waals surface area contributed by atoms with Crippen molar-refractivity contribution in [3.05, 3.63) is 0 Å². The number of hydrogen-bond acceptors (Lipinski definition) is 1. The first-order chi connectivity index (χ1) is 6.43. The Morgan fingerprint density at radius 1 is 1.00 bits per heavy atom. The van der Waals surface area contributed by atoms with Crippen LogP contribution in [0, 0.1) is 12.0 Å². The Bertz CT molecular complexity index is 175. The number of rotatable bonds is 8. The van der Waals surface area contributed by atoms with E-state index in [1.54, 1.807) is 0 Å². The van der Waals surface area contributed by atoms with Crippen molar-refractivity contribution in [1.82, 2.24) is 0 Å². The molecular formula is C12H20O. The fourth-order valence-corrected chi connectivity index (χ4v) is 1.56. The van der Waals surface area contributed by atoms with Crippen LogP contribution in [0.15, 0.2) is 0 Å². The van der Waals surface area contributed by atoms with E-state index in [0.717, 1.165) is 6.42 Å². The van der Waals surface area contributed by atoms with Crippen LogP contribution >= 0.6 is 0 Å². The highest BCUT2D eigenvalue weighted by Crippen LogP contribution is 2.12. The second kappa shape index (κ2) is 6.83. The van der Waals surface area contributed by atoms with Crippen LogP contribution in [0.1, 0.15) is 58.3 Å². The van der Waals surface area contributed by atoms with Crippen molar-refractivity contribution in [2.24, 2.45) is 0 Å². The lowest BCUT2D eigenvalue weighted by Gasteiger charge is -2.12. The molecule has 1 aliphatic heterocycles. The van der Waals surface area contributed by atoms with E-state index in [9.17, 15) is 0 Å². The molecule has 1 aliphatic rings. The first-order valence-electron chi connectivity index (χ1n) is 5.59. The van der Waals surface area contributed by atoms with Gasteiger partial charge in [0, 0.05) is 0 Å². The molecule has 0 aromatic heterocycles. The van der Waals surface area contributed by atoms with E-state index in [0.29, 0.717) is 0 Å². The molecule has 0 N–H and O–H groups in total. The lowest BCUT2D eigenvalue weighted by atomic mass is 10.1. The largest absolute Gasteiger partial charge is 0.430 e. The third-order valence-electron chi connectivity index (χ3n) is 2.49. The average molecular weight is 180 g/mol. The third kappa shape index (κ3) is 4.83. The summed E-state index contributed by atoms with van der Waals surface area (Å²) in [6.07, 6.45) is 13.6. The van der Waals surface area contributed by atoms with Gasteiger partial charge < -0.3 is 4.74 Å². The van der Waals surface area contributed by atoms with Crippen molar-refractivity contribution >= 4 is 0 Å². The van der Waals surface area contributed by atoms with Gasteiger partial charge in [-0.2, -0.15) is 0 Å². The first kappa shape index (κ1) is 10.4. The second-order valence-electron chi connectivity index (χ2n) is 3.76. The predicted molar refractivity (Wildman–Crippen MR) is 55.3 cm³/mol. The standard InChI is InChI=1S/C12H20O/c1-2-3-4-5-6-7-8-9-12-10-11-13-12/h12H,2-9H2,1H3. The highest BCUT2D eigenvalue weighted by atomic mass is 16.5. The van der Waals surface area contributed by atoms with Crippen LogP contribution in [0.25, 0.3) is 0 Å². The van der Waals surface area contributed by atoms with Crippen LogP contribution in [-0.4, -0.2) is 6.10 Å². The van der Waals surface area contributed by atoms with Crippen molar-refractivity contribution in [3.8, 4) is 12.0 Å². The van der Waals surface area contributed by atoms with Crippen molar-refractivity contribution in [2.45, 2.75) is 64.4 Å². The van der Waals surface area contributed by atoms with Crippen molar-refractivity contribution in [3.63, 3.8) is 0 Å². The summed E-state index contributed by atoms with van der Waals surface area (Å²) < 4.78 is 5.01. The van der Waals surface area contributed by atoms with Crippen molar-refractivity contribution in [2.75, 3.05) is 0 Å². The van der Waals surface area contributed by atoms with Gasteiger partial charge in [0.25, 0.3) is 0 Å². The molecule has 0 saturated carbocycles. The molecule has 0 radical (unpaired) electrons. The number of hydrogen-bond donors (Lipinski definition) is 0. The number of unbranched alkanes of at least 4 members (excludes halogenated alkanes) is 6. The molecular weight excluding hydrogens is 160 g/mol. The van der Waals surface area contributed by atoms with Crippen LogP contribution in [0.2, 0.25) is 0 Å². The Kier molecular flexibility index (Phi) is 5.49. The molecule has 0 bridgehead atoms. The summed E-state index contributed by atoms with van der Waals surface area (Å²) in [6, 6.07) is 0. The molecule has 1 heteroatoms. The summed E-state index contributed by atoms with van der Waals surface area (Å²) >= 11 is 0. The maximum atomic E-state index is 5.01. The van der Waals surface area contributed by atoms with Crippen LogP contribution in [0.3, 0.4) is 0 Å². The fourth-order valence-electron chi connectivity index (χ4n) is 1.56. The lowest BCUT2D eigenvalue weighted by Crippen LogP contribution is -2.13. The van der Waals surface area contributed by atoms with Gasteiger partial charge in [-0.15, -0.1) is 0 Å². The smallest absolute Gasteiger partial charge is 0.174 e. The Hall–Kier alpha value is -0.640. The summed E-state index contributed by atoms with van der Waals surface area (Å²) in [5, 5.41) is 0. The van der Waals surface area contributed by atoms with Gasteiger partial charge in [-0.25, -0.2) is 0 Å². The Balaban J connectivity index is 1.72. The molecule has 0 aromatic rings. The van der Waals surface area contributed by atoms with E-state index in [2.05, 4.69) is 19.0 Å². The van der Waals surface area contributed by atoms with E-state index in [-0.39, 0.29) is 6.10 Å².